The van der Waals surface area contributed by atoms with Crippen molar-refractivity contribution in [2.24, 2.45) is 0 Å². The summed E-state index contributed by atoms with van der Waals surface area (Å²) in [6.45, 7) is 4.93. The second-order valence-corrected chi connectivity index (χ2v) is 10.6. The van der Waals surface area contributed by atoms with Gasteiger partial charge in [-0.05, 0) is 61.9 Å². The zero-order valence-corrected chi connectivity index (χ0v) is 22.0. The van der Waals surface area contributed by atoms with Crippen LogP contribution in [0.15, 0.2) is 36.7 Å². The SMILES string of the molecule is Cc1cc(-c2c(C3CCOCC3)nc(O[C@H]3C[C@H](N(C)C(=O)[C@H](C)O)C3)c3cc4[nH]ncc4cc23)ccn1. The lowest BCUT2D eigenvalue weighted by Gasteiger charge is -2.41. The van der Waals surface area contributed by atoms with E-state index in [1.54, 1.807) is 11.9 Å². The van der Waals surface area contributed by atoms with Crippen LogP contribution in [0.5, 0.6) is 5.88 Å². The van der Waals surface area contributed by atoms with Crippen LogP contribution in [-0.2, 0) is 9.53 Å². The maximum absolute atomic E-state index is 12.2. The Hall–Kier alpha value is -3.56. The Kier molecular flexibility index (Phi) is 6.49. The molecule has 1 amide bonds. The number of carbonyl (C=O) groups excluding carboxylic acids is 1. The van der Waals surface area contributed by atoms with Crippen molar-refractivity contribution in [3.8, 4) is 17.0 Å². The van der Waals surface area contributed by atoms with Gasteiger partial charge in [0.15, 0.2) is 0 Å². The summed E-state index contributed by atoms with van der Waals surface area (Å²) >= 11 is 0. The highest BCUT2D eigenvalue weighted by Gasteiger charge is 2.37. The van der Waals surface area contributed by atoms with Crippen LogP contribution in [0.2, 0.25) is 0 Å². The molecular formula is C29H33N5O4. The van der Waals surface area contributed by atoms with E-state index in [1.807, 2.05) is 19.3 Å². The number of aryl methyl sites for hydroxylation is 1. The molecule has 2 fully saturated rings. The average Bonchev–Trinajstić information content (AvgIpc) is 3.36. The minimum absolute atomic E-state index is 0.0432. The number of benzene rings is 1. The normalized spacial score (nSPS) is 20.8. The van der Waals surface area contributed by atoms with Gasteiger partial charge in [0.1, 0.15) is 12.2 Å². The van der Waals surface area contributed by atoms with E-state index < -0.39 is 6.10 Å². The van der Waals surface area contributed by atoms with Crippen molar-refractivity contribution in [1.82, 2.24) is 25.1 Å². The van der Waals surface area contributed by atoms with Crippen LogP contribution in [-0.4, -0.2) is 74.6 Å². The second kappa shape index (κ2) is 9.96. The van der Waals surface area contributed by atoms with Crippen LogP contribution in [0.3, 0.4) is 0 Å². The van der Waals surface area contributed by atoms with Crippen LogP contribution < -0.4 is 4.74 Å². The highest BCUT2D eigenvalue weighted by Crippen LogP contribution is 2.43. The molecule has 0 spiro atoms. The summed E-state index contributed by atoms with van der Waals surface area (Å²) < 4.78 is 12.2. The molecule has 1 aliphatic heterocycles. The Labute approximate surface area is 221 Å². The zero-order chi connectivity index (χ0) is 26.4. The molecular weight excluding hydrogens is 482 g/mol. The van der Waals surface area contributed by atoms with Gasteiger partial charge in [-0.2, -0.15) is 5.10 Å². The molecule has 4 heterocycles. The van der Waals surface area contributed by atoms with Crippen LogP contribution in [0.4, 0.5) is 0 Å². The van der Waals surface area contributed by atoms with Crippen molar-refractivity contribution < 1.29 is 19.4 Å². The molecule has 1 atom stereocenters. The molecule has 0 unspecified atom stereocenters. The number of ether oxygens (including phenoxy) is 2. The first-order chi connectivity index (χ1) is 18.4. The summed E-state index contributed by atoms with van der Waals surface area (Å²) in [5, 5.41) is 20.1. The topological polar surface area (TPSA) is 113 Å². The number of nitrogens with one attached hydrogen (secondary N) is 1. The summed E-state index contributed by atoms with van der Waals surface area (Å²) in [4.78, 5) is 23.5. The van der Waals surface area contributed by atoms with Crippen LogP contribution in [0.25, 0.3) is 32.8 Å². The Balaban J connectivity index is 1.45. The number of fused-ring (bicyclic) bond motifs is 2. The molecule has 38 heavy (non-hydrogen) atoms. The average molecular weight is 516 g/mol. The number of aliphatic hydroxyl groups excluding tert-OH is 1. The number of likely N-dealkylation sites (N-methyl/N-ethyl adjacent to an activating group) is 1. The minimum atomic E-state index is -1.01. The fraction of sp³-hybridized carbons (Fsp3) is 0.448. The molecule has 9 nitrogen and oxygen atoms in total. The minimum Gasteiger partial charge on any atom is -0.474 e. The van der Waals surface area contributed by atoms with Crippen LogP contribution in [0, 0.1) is 6.92 Å². The predicted molar refractivity (Wildman–Crippen MR) is 144 cm³/mol. The third-order valence-corrected chi connectivity index (χ3v) is 7.95. The van der Waals surface area contributed by atoms with Gasteiger partial charge in [0.25, 0.3) is 5.91 Å². The van der Waals surface area contributed by atoms with Gasteiger partial charge < -0.3 is 19.5 Å². The first kappa shape index (κ1) is 24.8. The summed E-state index contributed by atoms with van der Waals surface area (Å²) in [7, 11) is 1.74. The summed E-state index contributed by atoms with van der Waals surface area (Å²) in [6.07, 6.45) is 5.83. The van der Waals surface area contributed by atoms with Crippen molar-refractivity contribution in [2.75, 3.05) is 20.3 Å². The smallest absolute Gasteiger partial charge is 0.251 e. The van der Waals surface area contributed by atoms with Gasteiger partial charge in [0.2, 0.25) is 5.88 Å². The van der Waals surface area contributed by atoms with E-state index in [2.05, 4.69) is 39.4 Å². The number of hydrogen-bond donors (Lipinski definition) is 2. The number of H-pyrrole nitrogens is 1. The lowest BCUT2D eigenvalue weighted by Crippen LogP contribution is -2.52. The molecule has 2 aliphatic rings. The second-order valence-electron chi connectivity index (χ2n) is 10.6. The molecule has 9 heteroatoms. The molecule has 1 aromatic carbocycles. The molecule has 2 N–H and O–H groups in total. The van der Waals surface area contributed by atoms with E-state index in [0.29, 0.717) is 31.9 Å². The van der Waals surface area contributed by atoms with Gasteiger partial charge in [-0.25, -0.2) is 4.98 Å². The number of hydrogen-bond acceptors (Lipinski definition) is 7. The monoisotopic (exact) mass is 515 g/mol. The maximum atomic E-state index is 12.2. The molecule has 1 saturated carbocycles. The number of aromatic nitrogens is 4. The van der Waals surface area contributed by atoms with Gasteiger partial charge in [0, 0.05) is 73.3 Å². The Morgan fingerprint density at radius 2 is 2.00 bits per heavy atom. The Bertz CT molecular complexity index is 1490. The van der Waals surface area contributed by atoms with Crippen molar-refractivity contribution in [2.45, 2.75) is 63.7 Å². The van der Waals surface area contributed by atoms with E-state index in [9.17, 15) is 9.90 Å². The molecule has 6 rings (SSSR count). The Morgan fingerprint density at radius 1 is 1.21 bits per heavy atom. The molecule has 0 bridgehead atoms. The van der Waals surface area contributed by atoms with Crippen LogP contribution >= 0.6 is 0 Å². The van der Waals surface area contributed by atoms with Gasteiger partial charge in [-0.15, -0.1) is 0 Å². The highest BCUT2D eigenvalue weighted by molar-refractivity contribution is 6.06. The summed E-state index contributed by atoms with van der Waals surface area (Å²) in [6, 6.07) is 8.46. The van der Waals surface area contributed by atoms with Crippen LogP contribution in [0.1, 0.15) is 49.9 Å². The molecule has 198 valence electrons. The van der Waals surface area contributed by atoms with Gasteiger partial charge in [-0.3, -0.25) is 14.9 Å². The number of pyridine rings is 2. The third kappa shape index (κ3) is 4.50. The zero-order valence-electron chi connectivity index (χ0n) is 22.0. The number of carbonyl (C=O) groups is 1. The highest BCUT2D eigenvalue weighted by atomic mass is 16.5. The molecule has 1 saturated heterocycles. The van der Waals surface area contributed by atoms with E-state index in [-0.39, 0.29) is 24.0 Å². The van der Waals surface area contributed by atoms with E-state index >= 15 is 0 Å². The van der Waals surface area contributed by atoms with E-state index in [4.69, 9.17) is 14.5 Å². The standard InChI is InChI=1S/C29H33N5O4/c1-16-10-19(4-7-30-16)26-23-11-20-15-31-33-25(20)14-24(23)28(32-27(26)18-5-8-37-9-6-18)38-22-12-21(13-22)34(3)29(36)17(2)35/h4,7,10-11,14-15,17-18,21-22,35H,5-6,8-9,12-13H2,1-3H3,(H,31,33)/t17-,21-,22-/m0/s1. The largest absolute Gasteiger partial charge is 0.474 e. The van der Waals surface area contributed by atoms with Crippen molar-refractivity contribution in [1.29, 1.82) is 0 Å². The fourth-order valence-corrected chi connectivity index (χ4v) is 5.68. The van der Waals surface area contributed by atoms with Crippen molar-refractivity contribution in [3.05, 3.63) is 48.0 Å². The number of aliphatic hydroxyl groups is 1. The van der Waals surface area contributed by atoms with Gasteiger partial charge >= 0.3 is 0 Å². The quantitative estimate of drug-likeness (QED) is 0.397. The third-order valence-electron chi connectivity index (χ3n) is 7.95. The number of nitrogens with zero attached hydrogens (tertiary/aromatic N) is 4. The first-order valence-corrected chi connectivity index (χ1v) is 13.3. The molecule has 3 aromatic heterocycles. The number of aromatic amines is 1. The van der Waals surface area contributed by atoms with Gasteiger partial charge in [-0.1, -0.05) is 0 Å². The van der Waals surface area contributed by atoms with E-state index in [0.717, 1.165) is 57.0 Å². The summed E-state index contributed by atoms with van der Waals surface area (Å²) in [5.41, 5.74) is 5.11. The first-order valence-electron chi connectivity index (χ1n) is 13.3. The fourth-order valence-electron chi connectivity index (χ4n) is 5.68. The summed E-state index contributed by atoms with van der Waals surface area (Å²) in [5.74, 6) is 0.598. The molecule has 0 radical (unpaired) electrons. The lowest BCUT2D eigenvalue weighted by molar-refractivity contribution is -0.143. The van der Waals surface area contributed by atoms with Crippen molar-refractivity contribution >= 4 is 27.6 Å². The predicted octanol–water partition coefficient (Wildman–Crippen LogP) is 4.12. The number of rotatable bonds is 6. The Morgan fingerprint density at radius 3 is 2.74 bits per heavy atom. The van der Waals surface area contributed by atoms with Crippen molar-refractivity contribution in [3.63, 3.8) is 0 Å². The molecule has 4 aromatic rings. The van der Waals surface area contributed by atoms with Gasteiger partial charge in [0.05, 0.1) is 17.4 Å². The number of amides is 1. The molecule has 1 aliphatic carbocycles. The van der Waals surface area contributed by atoms with E-state index in [1.165, 1.54) is 6.92 Å². The lowest BCUT2D eigenvalue weighted by atomic mass is 9.86. The maximum Gasteiger partial charge on any atom is 0.251 e.